The summed E-state index contributed by atoms with van der Waals surface area (Å²) < 4.78 is 1.68. The van der Waals surface area contributed by atoms with Gasteiger partial charge < -0.3 is 1.43 Å². The Balaban J connectivity index is 0.000000490. The first-order valence-electron chi connectivity index (χ1n) is 2.47. The fourth-order valence-electron chi connectivity index (χ4n) is 0.633. The Morgan fingerprint density at radius 2 is 2.71 bits per heavy atom. The van der Waals surface area contributed by atoms with Crippen LogP contribution in [-0.4, -0.2) is 0 Å². The van der Waals surface area contributed by atoms with E-state index in [1.165, 1.54) is 6.42 Å². The van der Waals surface area contributed by atoms with Crippen molar-refractivity contribution in [2.24, 2.45) is 0 Å². The fourth-order valence-corrected chi connectivity index (χ4v) is 1.55. The van der Waals surface area contributed by atoms with E-state index in [-0.39, 0.29) is 1.43 Å². The van der Waals surface area contributed by atoms with Gasteiger partial charge in [0.25, 0.3) is 0 Å². The molecule has 0 atom stereocenters. The Morgan fingerprint density at radius 1 is 1.86 bits per heavy atom. The van der Waals surface area contributed by atoms with E-state index in [0.29, 0.717) is 19.2 Å². The van der Waals surface area contributed by atoms with Crippen LogP contribution < -0.4 is 0 Å². The molecular weight excluding hydrogens is 120 g/mol. The van der Waals surface area contributed by atoms with Gasteiger partial charge in [0.15, 0.2) is 0 Å². The molecule has 0 heterocycles. The van der Waals surface area contributed by atoms with E-state index >= 15 is 0 Å². The van der Waals surface area contributed by atoms with E-state index in [0.717, 1.165) is 0 Å². The minimum atomic E-state index is 0. The van der Waals surface area contributed by atoms with Crippen LogP contribution in [0.1, 0.15) is 7.85 Å². The third kappa shape index (κ3) is 1.29. The van der Waals surface area contributed by atoms with Gasteiger partial charge in [0.05, 0.1) is 0 Å². The third-order valence-electron chi connectivity index (χ3n) is 1.09. The molecule has 0 amide bonds. The summed E-state index contributed by atoms with van der Waals surface area (Å²) in [7, 11) is 0. The Morgan fingerprint density at radius 3 is 3.00 bits per heavy atom. The summed E-state index contributed by atoms with van der Waals surface area (Å²) in [5.41, 5.74) is 0. The summed E-state index contributed by atoms with van der Waals surface area (Å²) in [6.07, 6.45) is 7.88. The molecule has 0 radical (unpaired) electrons. The topological polar surface area (TPSA) is 0 Å². The second-order valence-corrected chi connectivity index (χ2v) is 3.36. The molecule has 1 aliphatic rings. The Hall–Kier alpha value is 0.194. The second kappa shape index (κ2) is 2.49. The van der Waals surface area contributed by atoms with Crippen LogP contribution in [0, 0.1) is 0 Å². The maximum absolute atomic E-state index is 2.32. The van der Waals surface area contributed by atoms with Crippen molar-refractivity contribution in [1.29, 1.82) is 0 Å². The van der Waals surface area contributed by atoms with Gasteiger partial charge in [0, 0.05) is 0 Å². The Bertz CT molecular complexity index is 116. The van der Waals surface area contributed by atoms with Gasteiger partial charge in [-0.05, 0) is 0 Å². The molecule has 0 saturated heterocycles. The van der Waals surface area contributed by atoms with Crippen LogP contribution in [0.15, 0.2) is 22.1 Å². The largest absolute Gasteiger partial charge is 1.00 e. The van der Waals surface area contributed by atoms with Crippen LogP contribution in [0.5, 0.6) is 0 Å². The van der Waals surface area contributed by atoms with Crippen LogP contribution in [0.4, 0.5) is 0 Å². The molecule has 1 rings (SSSR count). The van der Waals surface area contributed by atoms with Crippen LogP contribution in [0.25, 0.3) is 0 Å². The molecular formula is C6H9Ti-. The van der Waals surface area contributed by atoms with Crippen molar-refractivity contribution in [3.63, 3.8) is 0 Å². The maximum atomic E-state index is 2.32. The van der Waals surface area contributed by atoms with Crippen molar-refractivity contribution in [3.05, 3.63) is 22.1 Å². The first kappa shape index (κ1) is 5.33. The Kier molecular flexibility index (Phi) is 1.90. The van der Waals surface area contributed by atoms with Crippen LogP contribution in [0.2, 0.25) is 5.23 Å². The van der Waals surface area contributed by atoms with E-state index in [1.54, 1.807) is 3.88 Å². The van der Waals surface area contributed by atoms with Crippen molar-refractivity contribution in [2.45, 2.75) is 11.6 Å². The van der Waals surface area contributed by atoms with Gasteiger partial charge in [-0.3, -0.25) is 0 Å². The van der Waals surface area contributed by atoms with Gasteiger partial charge in [-0.1, -0.05) is 0 Å². The molecule has 0 aromatic carbocycles. The molecule has 0 spiro atoms. The molecule has 1 aliphatic carbocycles. The van der Waals surface area contributed by atoms with Crippen LogP contribution in [-0.2, 0) is 19.2 Å². The summed E-state index contributed by atoms with van der Waals surface area (Å²) in [6, 6.07) is 0. The van der Waals surface area contributed by atoms with Crippen molar-refractivity contribution in [2.75, 3.05) is 0 Å². The van der Waals surface area contributed by atoms with Gasteiger partial charge in [-0.25, -0.2) is 0 Å². The molecule has 0 unspecified atom stereocenters. The monoisotopic (exact) mass is 129 g/mol. The standard InChI is InChI=1S/C5H5.CH3.Ti.H/c1-2-4-5-3-1;;;/h1-3H,4H2;1H3;;/q;;;-1. The zero-order valence-corrected chi connectivity index (χ0v) is 6.00. The molecule has 0 saturated carbocycles. The minimum absolute atomic E-state index is 0. The first-order valence-corrected chi connectivity index (χ1v) is 4.81. The van der Waals surface area contributed by atoms with E-state index < -0.39 is 0 Å². The quantitative estimate of drug-likeness (QED) is 0.475. The van der Waals surface area contributed by atoms with E-state index in [9.17, 15) is 0 Å². The van der Waals surface area contributed by atoms with Gasteiger partial charge in [-0.2, -0.15) is 0 Å². The molecule has 0 aliphatic heterocycles. The summed E-state index contributed by atoms with van der Waals surface area (Å²) in [4.78, 5) is 0. The predicted octanol–water partition coefficient (Wildman–Crippen LogP) is 2.07. The molecule has 0 aromatic rings. The minimum Gasteiger partial charge on any atom is -1.00 e. The van der Waals surface area contributed by atoms with Crippen molar-refractivity contribution >= 4 is 0 Å². The van der Waals surface area contributed by atoms with Crippen LogP contribution in [0.3, 0.4) is 0 Å². The molecule has 0 nitrogen and oxygen atoms in total. The number of hydrogen-bond donors (Lipinski definition) is 0. The summed E-state index contributed by atoms with van der Waals surface area (Å²) in [5.74, 6) is 0. The summed E-state index contributed by atoms with van der Waals surface area (Å²) in [5, 5.41) is 2.32. The molecule has 0 aromatic heterocycles. The summed E-state index contributed by atoms with van der Waals surface area (Å²) in [6.45, 7) is 0. The number of allylic oxidation sites excluding steroid dienone is 4. The number of rotatable bonds is 1. The molecule has 7 heavy (non-hydrogen) atoms. The molecule has 1 heteroatoms. The zero-order valence-electron chi connectivity index (χ0n) is 5.44. The van der Waals surface area contributed by atoms with Crippen LogP contribution >= 0.6 is 0 Å². The van der Waals surface area contributed by atoms with Gasteiger partial charge in [-0.15, -0.1) is 0 Å². The van der Waals surface area contributed by atoms with Crippen molar-refractivity contribution in [3.8, 4) is 0 Å². The van der Waals surface area contributed by atoms with Gasteiger partial charge in [0.1, 0.15) is 0 Å². The van der Waals surface area contributed by atoms with E-state index in [1.807, 2.05) is 0 Å². The molecule has 0 N–H and O–H groups in total. The molecule has 0 bridgehead atoms. The Labute approximate surface area is 54.7 Å². The molecule has 0 fully saturated rings. The maximum Gasteiger partial charge on any atom is -1.00 e. The van der Waals surface area contributed by atoms with Gasteiger partial charge >= 0.3 is 52.9 Å². The first-order chi connectivity index (χ1) is 3.43. The number of hydrogen-bond acceptors (Lipinski definition) is 0. The van der Waals surface area contributed by atoms with E-state index in [2.05, 4.69) is 23.5 Å². The zero-order chi connectivity index (χ0) is 5.11. The molecule has 38 valence electrons. The summed E-state index contributed by atoms with van der Waals surface area (Å²) >= 11 is 0.292. The normalized spacial score (nSPS) is 17.0. The van der Waals surface area contributed by atoms with Gasteiger partial charge in [0.2, 0.25) is 0 Å². The average molecular weight is 129 g/mol. The van der Waals surface area contributed by atoms with E-state index in [4.69, 9.17) is 0 Å². The predicted molar refractivity (Wildman–Crippen MR) is 28.8 cm³/mol. The third-order valence-corrected chi connectivity index (χ3v) is 2.67. The average Bonchev–Trinajstić information content (AvgIpc) is 2.14. The van der Waals surface area contributed by atoms with Crippen molar-refractivity contribution in [1.82, 2.24) is 0 Å². The van der Waals surface area contributed by atoms with Crippen molar-refractivity contribution < 1.29 is 20.6 Å². The fraction of sp³-hybridized carbons (Fsp3) is 0.333. The second-order valence-electron chi connectivity index (χ2n) is 1.57. The SMILES string of the molecule is [CH3][Ti][C]1=CC=CC1.[H-]. The smallest absolute Gasteiger partial charge is 1.00 e.